The first-order chi connectivity index (χ1) is 24.8. The van der Waals surface area contributed by atoms with Gasteiger partial charge in [0.15, 0.2) is 0 Å². The van der Waals surface area contributed by atoms with Gasteiger partial charge in [0.1, 0.15) is 11.0 Å². The van der Waals surface area contributed by atoms with Gasteiger partial charge in [0.05, 0.1) is 17.4 Å². The van der Waals surface area contributed by atoms with Crippen LogP contribution in [0.25, 0.3) is 44.3 Å². The van der Waals surface area contributed by atoms with Crippen molar-refractivity contribution in [3.8, 4) is 22.3 Å². The first-order valence-electron chi connectivity index (χ1n) is 16.5. The number of nitrogens with one attached hydrogen (secondary N) is 2. The second kappa shape index (κ2) is 12.6. The average molecular weight is 646 g/mol. The van der Waals surface area contributed by atoms with Gasteiger partial charge in [-0.2, -0.15) is 15.4 Å². The van der Waals surface area contributed by atoms with Crippen molar-refractivity contribution in [2.75, 3.05) is 9.80 Å². The normalized spacial score (nSPS) is 11.2. The third kappa shape index (κ3) is 5.14. The van der Waals surface area contributed by atoms with E-state index in [1.54, 1.807) is 6.33 Å². The molecule has 9 rings (SSSR count). The lowest BCUT2D eigenvalue weighted by Crippen LogP contribution is -2.09. The average Bonchev–Trinajstić information content (AvgIpc) is 3.87. The highest BCUT2D eigenvalue weighted by molar-refractivity contribution is 6.16. The summed E-state index contributed by atoms with van der Waals surface area (Å²) in [6.45, 7) is 0. The lowest BCUT2D eigenvalue weighted by Gasteiger charge is -2.25. The third-order valence-corrected chi connectivity index (χ3v) is 9.03. The molecule has 7 heteroatoms. The van der Waals surface area contributed by atoms with Crippen LogP contribution in [0.4, 0.5) is 34.1 Å². The van der Waals surface area contributed by atoms with Crippen molar-refractivity contribution in [2.24, 2.45) is 0 Å². The molecule has 7 aromatic carbocycles. The number of fused-ring (bicyclic) bond motifs is 2. The summed E-state index contributed by atoms with van der Waals surface area (Å²) in [4.78, 5) is 12.8. The molecule has 0 saturated heterocycles. The van der Waals surface area contributed by atoms with Gasteiger partial charge in [0.2, 0.25) is 0 Å². The van der Waals surface area contributed by atoms with E-state index in [1.807, 2.05) is 24.3 Å². The Balaban J connectivity index is 1.12. The number of aromatic amines is 2. The number of anilines is 6. The highest BCUT2D eigenvalue weighted by Gasteiger charge is 2.23. The van der Waals surface area contributed by atoms with Crippen LogP contribution in [0.5, 0.6) is 0 Å². The molecule has 238 valence electrons. The Morgan fingerprint density at radius 1 is 0.360 bits per heavy atom. The monoisotopic (exact) mass is 645 g/mol. The van der Waals surface area contributed by atoms with Crippen molar-refractivity contribution in [1.82, 2.24) is 25.4 Å². The summed E-state index contributed by atoms with van der Waals surface area (Å²) in [5, 5.41) is 12.3. The van der Waals surface area contributed by atoms with E-state index in [4.69, 9.17) is 4.98 Å². The van der Waals surface area contributed by atoms with Gasteiger partial charge >= 0.3 is 0 Å². The molecule has 0 fully saturated rings. The van der Waals surface area contributed by atoms with Crippen LogP contribution >= 0.6 is 0 Å². The third-order valence-electron chi connectivity index (χ3n) is 9.03. The smallest absolute Gasteiger partial charge is 0.123 e. The van der Waals surface area contributed by atoms with Gasteiger partial charge in [-0.3, -0.25) is 0 Å². The summed E-state index contributed by atoms with van der Waals surface area (Å²) in [7, 11) is 0. The molecule has 0 unspecified atom stereocenters. The molecule has 2 aromatic heterocycles. The van der Waals surface area contributed by atoms with E-state index in [0.29, 0.717) is 0 Å². The summed E-state index contributed by atoms with van der Waals surface area (Å²) in [6, 6.07) is 58.8. The number of hydrogen-bond donors (Lipinski definition) is 2. The van der Waals surface area contributed by atoms with Crippen LogP contribution in [-0.4, -0.2) is 25.4 Å². The molecule has 0 aliphatic rings. The molecule has 0 saturated carbocycles. The first kappa shape index (κ1) is 29.2. The van der Waals surface area contributed by atoms with Crippen molar-refractivity contribution in [3.05, 3.63) is 176 Å². The molecule has 0 radical (unpaired) electrons. The van der Waals surface area contributed by atoms with E-state index >= 15 is 0 Å². The number of benzene rings is 7. The summed E-state index contributed by atoms with van der Waals surface area (Å²) >= 11 is 0. The zero-order chi connectivity index (χ0) is 33.3. The quantitative estimate of drug-likeness (QED) is 0.172. The molecule has 0 aliphatic carbocycles. The minimum absolute atomic E-state index is 0.773. The molecular formula is C43H31N7. The number of H-pyrrole nitrogens is 2. The molecule has 2 N–H and O–H groups in total. The number of nitrogens with zero attached hydrogens (tertiary/aromatic N) is 5. The highest BCUT2D eigenvalue weighted by Crippen LogP contribution is 2.43. The minimum atomic E-state index is 0.773. The van der Waals surface area contributed by atoms with Gasteiger partial charge in [-0.15, -0.1) is 0 Å². The summed E-state index contributed by atoms with van der Waals surface area (Å²) in [5.41, 5.74) is 13.7. The zero-order valence-electron chi connectivity index (χ0n) is 27.0. The van der Waals surface area contributed by atoms with Gasteiger partial charge in [-0.1, -0.05) is 97.1 Å². The van der Waals surface area contributed by atoms with Crippen LogP contribution in [0, 0.1) is 0 Å². The van der Waals surface area contributed by atoms with Crippen LogP contribution < -0.4 is 9.80 Å². The first-order valence-corrected chi connectivity index (χ1v) is 16.5. The Morgan fingerprint density at radius 3 is 1.14 bits per heavy atom. The Hall–Kier alpha value is -6.99. The highest BCUT2D eigenvalue weighted by atomic mass is 15.3. The van der Waals surface area contributed by atoms with Crippen LogP contribution in [0.15, 0.2) is 176 Å². The summed E-state index contributed by atoms with van der Waals surface area (Å²) < 4.78 is 0. The predicted molar refractivity (Wildman–Crippen MR) is 204 cm³/mol. The Kier molecular flexibility index (Phi) is 7.33. The molecule has 0 bridgehead atoms. The number of para-hydroxylation sites is 4. The molecule has 7 nitrogen and oxygen atoms in total. The fourth-order valence-electron chi connectivity index (χ4n) is 6.80. The lowest BCUT2D eigenvalue weighted by atomic mass is 9.95. The fourth-order valence-corrected chi connectivity index (χ4v) is 6.80. The standard InChI is InChI=1S/C43H31N7/c1-5-13-32(14-6-1)49(33-15-7-2-8-16-33)36-25-21-30(22-26-36)38-40-41(45-29-44-40)39(43-42(38)46-48-47-43)31-23-27-37(28-24-31)50(34-17-9-3-10-18-34)35-19-11-4-12-20-35/h1-29H,(H,44,45)(H,46,47,48). The van der Waals surface area contributed by atoms with E-state index in [2.05, 4.69) is 176 Å². The lowest BCUT2D eigenvalue weighted by molar-refractivity contribution is 0.960. The molecule has 0 amide bonds. The largest absolute Gasteiger partial charge is 0.344 e. The number of rotatable bonds is 8. The van der Waals surface area contributed by atoms with Crippen LogP contribution in [0.1, 0.15) is 0 Å². The molecule has 0 aliphatic heterocycles. The number of imidazole rings is 1. The Morgan fingerprint density at radius 2 is 0.720 bits per heavy atom. The summed E-state index contributed by atoms with van der Waals surface area (Å²) in [5.74, 6) is 0. The van der Waals surface area contributed by atoms with Crippen molar-refractivity contribution < 1.29 is 0 Å². The Labute approximate surface area is 289 Å². The van der Waals surface area contributed by atoms with Crippen LogP contribution in [0.3, 0.4) is 0 Å². The zero-order valence-corrected chi connectivity index (χ0v) is 27.0. The van der Waals surface area contributed by atoms with Crippen molar-refractivity contribution >= 4 is 56.2 Å². The fraction of sp³-hybridized carbons (Fsp3) is 0. The van der Waals surface area contributed by atoms with E-state index in [0.717, 1.165) is 78.4 Å². The van der Waals surface area contributed by atoms with E-state index in [9.17, 15) is 0 Å². The van der Waals surface area contributed by atoms with Gasteiger partial charge in [0, 0.05) is 45.3 Å². The SMILES string of the molecule is c1ccc(N(c2ccccc2)c2ccc(-c3c4n[nH]nc4c(-c4ccc(N(c5ccccc5)c5ccccc5)cc4)c4[nH]cnc34)cc2)cc1. The van der Waals surface area contributed by atoms with Crippen molar-refractivity contribution in [2.45, 2.75) is 0 Å². The molecule has 0 atom stereocenters. The van der Waals surface area contributed by atoms with Crippen LogP contribution in [0.2, 0.25) is 0 Å². The second-order valence-corrected chi connectivity index (χ2v) is 12.0. The molecule has 0 spiro atoms. The van der Waals surface area contributed by atoms with Gasteiger partial charge in [-0.05, 0) is 83.9 Å². The van der Waals surface area contributed by atoms with Crippen LogP contribution in [-0.2, 0) is 0 Å². The van der Waals surface area contributed by atoms with E-state index < -0.39 is 0 Å². The van der Waals surface area contributed by atoms with Gasteiger partial charge < -0.3 is 14.8 Å². The van der Waals surface area contributed by atoms with E-state index in [1.165, 1.54) is 0 Å². The number of aromatic nitrogens is 5. The maximum atomic E-state index is 4.83. The van der Waals surface area contributed by atoms with Crippen molar-refractivity contribution in [1.29, 1.82) is 0 Å². The second-order valence-electron chi connectivity index (χ2n) is 12.0. The van der Waals surface area contributed by atoms with Gasteiger partial charge in [-0.25, -0.2) is 4.98 Å². The molecule has 2 heterocycles. The topological polar surface area (TPSA) is 76.7 Å². The summed E-state index contributed by atoms with van der Waals surface area (Å²) in [6.07, 6.45) is 1.75. The molecule has 9 aromatic rings. The Bertz CT molecular complexity index is 2200. The maximum Gasteiger partial charge on any atom is 0.123 e. The van der Waals surface area contributed by atoms with Crippen molar-refractivity contribution in [3.63, 3.8) is 0 Å². The minimum Gasteiger partial charge on any atom is -0.344 e. The number of hydrogen-bond acceptors (Lipinski definition) is 5. The van der Waals surface area contributed by atoms with E-state index in [-0.39, 0.29) is 0 Å². The molecular weight excluding hydrogens is 615 g/mol. The van der Waals surface area contributed by atoms with Gasteiger partial charge in [0.25, 0.3) is 0 Å². The maximum absolute atomic E-state index is 4.83. The predicted octanol–water partition coefficient (Wildman–Crippen LogP) is 11.1. The molecule has 50 heavy (non-hydrogen) atoms.